The van der Waals surface area contributed by atoms with Crippen molar-refractivity contribution in [2.75, 3.05) is 0 Å². The van der Waals surface area contributed by atoms with E-state index in [2.05, 4.69) is 144 Å². The molecule has 0 bridgehead atoms. The molecule has 200 valence electrons. The van der Waals surface area contributed by atoms with E-state index in [4.69, 9.17) is 4.99 Å². The predicted molar refractivity (Wildman–Crippen MR) is 175 cm³/mol. The van der Waals surface area contributed by atoms with Crippen molar-refractivity contribution in [2.24, 2.45) is 4.99 Å². The number of thioether (sulfide) groups is 1. The fourth-order valence-electron chi connectivity index (χ4n) is 7.28. The standard InChI is InChI=1S/C39H28N2S/c1-3-12-25(13-4-1)27-18-11-19-29-30-22-23-35-37(39(30)42-38(27)29)31-17-8-10-21-34(31)41(35)36-24-32(26-14-5-2-6-15-26)28-16-7-9-20-33(28)40-36/h1-23,29,36,38H,24H2. The second-order valence-corrected chi connectivity index (χ2v) is 12.5. The van der Waals surface area contributed by atoms with Gasteiger partial charge in [-0.2, -0.15) is 0 Å². The van der Waals surface area contributed by atoms with Gasteiger partial charge in [-0.1, -0.05) is 121 Å². The quantitative estimate of drug-likeness (QED) is 0.214. The molecule has 3 atom stereocenters. The van der Waals surface area contributed by atoms with Crippen LogP contribution in [0.3, 0.4) is 0 Å². The maximum atomic E-state index is 5.40. The van der Waals surface area contributed by atoms with E-state index in [0.29, 0.717) is 11.2 Å². The number of hydrogen-bond donors (Lipinski definition) is 0. The Morgan fingerprint density at radius 2 is 1.43 bits per heavy atom. The van der Waals surface area contributed by atoms with Crippen LogP contribution in [-0.2, 0) is 0 Å². The van der Waals surface area contributed by atoms with E-state index >= 15 is 0 Å². The average Bonchev–Trinajstić information content (AvgIpc) is 3.61. The number of hydrogen-bond acceptors (Lipinski definition) is 2. The molecule has 2 nitrogen and oxygen atoms in total. The lowest BCUT2D eigenvalue weighted by molar-refractivity contribution is 0.546. The highest BCUT2D eigenvalue weighted by Gasteiger charge is 2.38. The third kappa shape index (κ3) is 3.57. The predicted octanol–water partition coefficient (Wildman–Crippen LogP) is 8.43. The van der Waals surface area contributed by atoms with E-state index in [-0.39, 0.29) is 6.17 Å². The van der Waals surface area contributed by atoms with Crippen molar-refractivity contribution in [1.29, 1.82) is 0 Å². The first-order valence-electron chi connectivity index (χ1n) is 14.7. The summed E-state index contributed by atoms with van der Waals surface area (Å²) < 4.78 is 2.51. The van der Waals surface area contributed by atoms with E-state index in [1.807, 2.05) is 11.8 Å². The molecule has 0 saturated carbocycles. The summed E-state index contributed by atoms with van der Waals surface area (Å²) in [6.07, 6.45) is 7.80. The van der Waals surface area contributed by atoms with Gasteiger partial charge in [0, 0.05) is 38.5 Å². The Bertz CT molecular complexity index is 2210. The Kier molecular flexibility index (Phi) is 5.42. The lowest BCUT2D eigenvalue weighted by Crippen LogP contribution is -2.33. The van der Waals surface area contributed by atoms with E-state index < -0.39 is 0 Å². The minimum Gasteiger partial charge on any atom is -0.317 e. The van der Waals surface area contributed by atoms with Crippen molar-refractivity contribution in [2.45, 2.75) is 28.6 Å². The van der Waals surface area contributed by atoms with E-state index in [9.17, 15) is 0 Å². The van der Waals surface area contributed by atoms with Crippen molar-refractivity contribution in [3.63, 3.8) is 0 Å². The van der Waals surface area contributed by atoms with Crippen LogP contribution in [0, 0.1) is 0 Å². The summed E-state index contributed by atoms with van der Waals surface area (Å²) in [6.45, 7) is 0. The molecule has 0 saturated heterocycles. The smallest absolute Gasteiger partial charge is 0.130 e. The molecule has 0 amide bonds. The number of fused-ring (bicyclic) bond motifs is 8. The Balaban J connectivity index is 1.24. The largest absolute Gasteiger partial charge is 0.317 e. The summed E-state index contributed by atoms with van der Waals surface area (Å²) in [5.74, 6) is 0.376. The Labute approximate surface area is 249 Å². The number of allylic oxidation sites excluding steroid dienone is 3. The minimum absolute atomic E-state index is 0.0242. The van der Waals surface area contributed by atoms with E-state index in [1.54, 1.807) is 0 Å². The van der Waals surface area contributed by atoms with Gasteiger partial charge in [-0.05, 0) is 46.0 Å². The molecule has 0 N–H and O–H groups in total. The third-order valence-electron chi connectivity index (χ3n) is 9.12. The maximum absolute atomic E-state index is 5.40. The first-order chi connectivity index (χ1) is 20.8. The van der Waals surface area contributed by atoms with Crippen LogP contribution in [0.15, 0.2) is 149 Å². The highest BCUT2D eigenvalue weighted by atomic mass is 32.2. The summed E-state index contributed by atoms with van der Waals surface area (Å²) in [4.78, 5) is 6.82. The van der Waals surface area contributed by atoms with Gasteiger partial charge in [-0.25, -0.2) is 0 Å². The number of benzene rings is 5. The van der Waals surface area contributed by atoms with Gasteiger partial charge in [0.15, 0.2) is 0 Å². The molecule has 0 radical (unpaired) electrons. The maximum Gasteiger partial charge on any atom is 0.130 e. The van der Waals surface area contributed by atoms with Gasteiger partial charge in [0.2, 0.25) is 0 Å². The lowest BCUT2D eigenvalue weighted by atomic mass is 9.85. The van der Waals surface area contributed by atoms with Crippen LogP contribution in [-0.4, -0.2) is 9.82 Å². The monoisotopic (exact) mass is 556 g/mol. The van der Waals surface area contributed by atoms with Crippen LogP contribution in [0.25, 0.3) is 33.0 Å². The highest BCUT2D eigenvalue weighted by Crippen LogP contribution is 2.56. The molecule has 5 aromatic carbocycles. The van der Waals surface area contributed by atoms with Crippen LogP contribution in [0.2, 0.25) is 0 Å². The van der Waals surface area contributed by atoms with Crippen molar-refractivity contribution >= 4 is 44.7 Å². The van der Waals surface area contributed by atoms with Gasteiger partial charge in [-0.15, -0.1) is 11.8 Å². The van der Waals surface area contributed by atoms with Crippen LogP contribution >= 0.6 is 11.8 Å². The molecule has 3 aliphatic rings. The summed E-state index contributed by atoms with van der Waals surface area (Å²) in [7, 11) is 0. The topological polar surface area (TPSA) is 17.3 Å². The molecule has 0 spiro atoms. The fraction of sp³-hybridized carbons (Fsp3) is 0.103. The third-order valence-corrected chi connectivity index (χ3v) is 10.6. The van der Waals surface area contributed by atoms with Crippen molar-refractivity contribution in [3.05, 3.63) is 167 Å². The summed E-state index contributed by atoms with van der Waals surface area (Å²) in [5, 5.41) is 5.39. The summed E-state index contributed by atoms with van der Waals surface area (Å²) >= 11 is 2.04. The zero-order chi connectivity index (χ0) is 27.6. The van der Waals surface area contributed by atoms with Gasteiger partial charge in [0.1, 0.15) is 6.17 Å². The normalized spacial score (nSPS) is 20.6. The summed E-state index contributed by atoms with van der Waals surface area (Å²) in [5.41, 5.74) is 9.35. The average molecular weight is 557 g/mol. The number of aromatic nitrogens is 1. The molecule has 42 heavy (non-hydrogen) atoms. The Morgan fingerprint density at radius 1 is 0.690 bits per heavy atom. The summed E-state index contributed by atoms with van der Waals surface area (Å²) in [6, 6.07) is 44.0. The molecule has 2 aliphatic heterocycles. The molecule has 3 unspecified atom stereocenters. The molecule has 6 aromatic rings. The Hall–Kier alpha value is -4.60. The van der Waals surface area contributed by atoms with Crippen molar-refractivity contribution in [1.82, 2.24) is 4.57 Å². The molecule has 0 fully saturated rings. The lowest BCUT2D eigenvalue weighted by Gasteiger charge is -2.23. The van der Waals surface area contributed by atoms with E-state index in [0.717, 1.165) is 11.8 Å². The van der Waals surface area contributed by atoms with Crippen LogP contribution in [0.5, 0.6) is 0 Å². The molecular formula is C39H28N2S. The first kappa shape index (κ1) is 24.0. The van der Waals surface area contributed by atoms with Crippen LogP contribution < -0.4 is 10.6 Å². The number of rotatable bonds is 3. The van der Waals surface area contributed by atoms with Gasteiger partial charge in [0.05, 0.1) is 16.4 Å². The van der Waals surface area contributed by atoms with Crippen molar-refractivity contribution in [3.8, 4) is 0 Å². The van der Waals surface area contributed by atoms with Gasteiger partial charge in [0.25, 0.3) is 0 Å². The number of para-hydroxylation sites is 2. The van der Waals surface area contributed by atoms with Gasteiger partial charge >= 0.3 is 0 Å². The molecule has 1 aromatic heterocycles. The molecule has 9 rings (SSSR count). The molecule has 3 heterocycles. The van der Waals surface area contributed by atoms with Crippen LogP contribution in [0.1, 0.15) is 35.2 Å². The molecule has 1 aliphatic carbocycles. The fourth-order valence-corrected chi connectivity index (χ4v) is 8.93. The Morgan fingerprint density at radius 3 is 2.29 bits per heavy atom. The number of nitrogens with zero attached hydrogens (tertiary/aromatic N) is 2. The second kappa shape index (κ2) is 9.47. The first-order valence-corrected chi connectivity index (χ1v) is 15.6. The van der Waals surface area contributed by atoms with Gasteiger partial charge < -0.3 is 4.57 Å². The SMILES string of the molecule is C1=CC2c3ccc4c(c3SC2C(c2ccccc2)=C1)c1ccccc1n4C1CC(c2ccccc2)=c2ccccc2=N1. The highest BCUT2D eigenvalue weighted by molar-refractivity contribution is 8.01. The molecular weight excluding hydrogens is 529 g/mol. The second-order valence-electron chi connectivity index (χ2n) is 11.4. The van der Waals surface area contributed by atoms with E-state index in [1.165, 1.54) is 59.8 Å². The van der Waals surface area contributed by atoms with Crippen LogP contribution in [0.4, 0.5) is 0 Å². The minimum atomic E-state index is -0.0242. The van der Waals surface area contributed by atoms with Gasteiger partial charge in [-0.3, -0.25) is 4.99 Å². The zero-order valence-electron chi connectivity index (χ0n) is 23.0. The van der Waals surface area contributed by atoms with Crippen molar-refractivity contribution < 1.29 is 0 Å². The molecule has 3 heteroatoms. The zero-order valence-corrected chi connectivity index (χ0v) is 23.8.